The van der Waals surface area contributed by atoms with Crippen molar-refractivity contribution in [2.75, 3.05) is 13.2 Å². The van der Waals surface area contributed by atoms with Crippen molar-refractivity contribution in [3.63, 3.8) is 0 Å². The molecule has 1 aliphatic heterocycles. The van der Waals surface area contributed by atoms with Crippen LogP contribution < -0.4 is 0 Å². The van der Waals surface area contributed by atoms with Gasteiger partial charge in [-0.05, 0) is 6.92 Å². The molecule has 0 aliphatic carbocycles. The Morgan fingerprint density at radius 1 is 1.55 bits per heavy atom. The Labute approximate surface area is 67.5 Å². The monoisotopic (exact) mass is 154 g/mol. The van der Waals surface area contributed by atoms with Crippen LogP contribution in [0, 0.1) is 0 Å². The SMILES string of the molecule is C=C(C)/C=C/CC1OCCO1. The Hall–Kier alpha value is -0.600. The summed E-state index contributed by atoms with van der Waals surface area (Å²) in [5, 5.41) is 0. The summed E-state index contributed by atoms with van der Waals surface area (Å²) >= 11 is 0. The van der Waals surface area contributed by atoms with Crippen molar-refractivity contribution in [3.8, 4) is 0 Å². The molecular formula is C9H14O2. The third-order valence-electron chi connectivity index (χ3n) is 1.42. The first kappa shape index (κ1) is 8.50. The molecule has 1 rings (SSSR count). The van der Waals surface area contributed by atoms with E-state index in [1.54, 1.807) is 0 Å². The number of hydrogen-bond donors (Lipinski definition) is 0. The molecular weight excluding hydrogens is 140 g/mol. The van der Waals surface area contributed by atoms with Crippen LogP contribution in [0.1, 0.15) is 13.3 Å². The Balaban J connectivity index is 2.15. The average Bonchev–Trinajstić information content (AvgIpc) is 2.39. The lowest BCUT2D eigenvalue weighted by atomic mass is 10.3. The Kier molecular flexibility index (Phi) is 3.33. The zero-order valence-corrected chi connectivity index (χ0v) is 6.88. The fraction of sp³-hybridized carbons (Fsp3) is 0.556. The van der Waals surface area contributed by atoms with Gasteiger partial charge in [0.2, 0.25) is 0 Å². The molecule has 0 aromatic heterocycles. The van der Waals surface area contributed by atoms with E-state index in [1.165, 1.54) is 0 Å². The van der Waals surface area contributed by atoms with Gasteiger partial charge in [-0.15, -0.1) is 0 Å². The zero-order chi connectivity index (χ0) is 8.10. The van der Waals surface area contributed by atoms with Crippen LogP contribution in [0.3, 0.4) is 0 Å². The molecule has 1 aliphatic rings. The predicted molar refractivity (Wildman–Crippen MR) is 44.3 cm³/mol. The standard InChI is InChI=1S/C9H14O2/c1-8(2)4-3-5-9-10-6-7-11-9/h3-4,9H,1,5-7H2,2H3/b4-3+. The van der Waals surface area contributed by atoms with Gasteiger partial charge in [-0.25, -0.2) is 0 Å². The summed E-state index contributed by atoms with van der Waals surface area (Å²) in [7, 11) is 0. The van der Waals surface area contributed by atoms with E-state index in [-0.39, 0.29) is 6.29 Å². The van der Waals surface area contributed by atoms with Gasteiger partial charge < -0.3 is 9.47 Å². The van der Waals surface area contributed by atoms with Gasteiger partial charge in [0.25, 0.3) is 0 Å². The molecule has 0 bridgehead atoms. The summed E-state index contributed by atoms with van der Waals surface area (Å²) in [5.41, 5.74) is 1.06. The number of ether oxygens (including phenoxy) is 2. The molecule has 0 atom stereocenters. The second kappa shape index (κ2) is 4.31. The third kappa shape index (κ3) is 3.35. The summed E-state index contributed by atoms with van der Waals surface area (Å²) in [6, 6.07) is 0. The van der Waals surface area contributed by atoms with E-state index in [4.69, 9.17) is 9.47 Å². The van der Waals surface area contributed by atoms with E-state index in [2.05, 4.69) is 6.58 Å². The van der Waals surface area contributed by atoms with Crippen molar-refractivity contribution in [2.45, 2.75) is 19.6 Å². The maximum Gasteiger partial charge on any atom is 0.161 e. The smallest absolute Gasteiger partial charge is 0.161 e. The van der Waals surface area contributed by atoms with Crippen molar-refractivity contribution >= 4 is 0 Å². The minimum absolute atomic E-state index is 0.0226. The molecule has 1 saturated heterocycles. The second-order valence-electron chi connectivity index (χ2n) is 2.66. The maximum absolute atomic E-state index is 5.23. The van der Waals surface area contributed by atoms with Crippen LogP contribution in [0.15, 0.2) is 24.3 Å². The van der Waals surface area contributed by atoms with Gasteiger partial charge in [0.1, 0.15) is 0 Å². The van der Waals surface area contributed by atoms with Crippen LogP contribution in [-0.2, 0) is 9.47 Å². The van der Waals surface area contributed by atoms with Crippen LogP contribution in [0.25, 0.3) is 0 Å². The highest BCUT2D eigenvalue weighted by atomic mass is 16.7. The van der Waals surface area contributed by atoms with Crippen LogP contribution in [0.4, 0.5) is 0 Å². The Bertz CT molecular complexity index is 155. The van der Waals surface area contributed by atoms with Gasteiger partial charge in [-0.1, -0.05) is 24.3 Å². The molecule has 1 fully saturated rings. The summed E-state index contributed by atoms with van der Waals surface area (Å²) in [6.45, 7) is 7.17. The average molecular weight is 154 g/mol. The molecule has 62 valence electrons. The van der Waals surface area contributed by atoms with Crippen molar-refractivity contribution < 1.29 is 9.47 Å². The van der Waals surface area contributed by atoms with Crippen molar-refractivity contribution in [1.82, 2.24) is 0 Å². The highest BCUT2D eigenvalue weighted by Gasteiger charge is 2.12. The first-order chi connectivity index (χ1) is 5.29. The van der Waals surface area contributed by atoms with Gasteiger partial charge in [-0.3, -0.25) is 0 Å². The highest BCUT2D eigenvalue weighted by Crippen LogP contribution is 2.08. The molecule has 11 heavy (non-hydrogen) atoms. The lowest BCUT2D eigenvalue weighted by Gasteiger charge is -2.03. The minimum atomic E-state index is -0.0226. The topological polar surface area (TPSA) is 18.5 Å². The van der Waals surface area contributed by atoms with E-state index < -0.39 is 0 Å². The number of rotatable bonds is 3. The molecule has 1 heterocycles. The molecule has 0 aromatic carbocycles. The van der Waals surface area contributed by atoms with E-state index >= 15 is 0 Å². The van der Waals surface area contributed by atoms with E-state index in [0.29, 0.717) is 0 Å². The quantitative estimate of drug-likeness (QED) is 0.578. The lowest BCUT2D eigenvalue weighted by Crippen LogP contribution is -2.04. The highest BCUT2D eigenvalue weighted by molar-refractivity contribution is 5.10. The molecule has 0 spiro atoms. The first-order valence-corrected chi connectivity index (χ1v) is 3.84. The summed E-state index contributed by atoms with van der Waals surface area (Å²) in [5.74, 6) is 0. The molecule has 0 saturated carbocycles. The summed E-state index contributed by atoms with van der Waals surface area (Å²) in [4.78, 5) is 0. The summed E-state index contributed by atoms with van der Waals surface area (Å²) < 4.78 is 10.5. The molecule has 0 aromatic rings. The van der Waals surface area contributed by atoms with Gasteiger partial charge in [0.05, 0.1) is 13.2 Å². The van der Waals surface area contributed by atoms with E-state index in [0.717, 1.165) is 25.2 Å². The van der Waals surface area contributed by atoms with Crippen molar-refractivity contribution in [2.24, 2.45) is 0 Å². The van der Waals surface area contributed by atoms with Crippen LogP contribution in [-0.4, -0.2) is 19.5 Å². The third-order valence-corrected chi connectivity index (χ3v) is 1.42. The van der Waals surface area contributed by atoms with E-state index in [1.807, 2.05) is 19.1 Å². The van der Waals surface area contributed by atoms with Crippen LogP contribution in [0.2, 0.25) is 0 Å². The molecule has 0 unspecified atom stereocenters. The maximum atomic E-state index is 5.23. The predicted octanol–water partition coefficient (Wildman–Crippen LogP) is 1.88. The van der Waals surface area contributed by atoms with Crippen LogP contribution in [0.5, 0.6) is 0 Å². The fourth-order valence-electron chi connectivity index (χ4n) is 0.924. The Morgan fingerprint density at radius 3 is 2.73 bits per heavy atom. The van der Waals surface area contributed by atoms with Crippen molar-refractivity contribution in [3.05, 3.63) is 24.3 Å². The largest absolute Gasteiger partial charge is 0.350 e. The molecule has 0 N–H and O–H groups in total. The number of allylic oxidation sites excluding steroid dienone is 2. The number of hydrogen-bond acceptors (Lipinski definition) is 2. The molecule has 0 radical (unpaired) electrons. The summed E-state index contributed by atoms with van der Waals surface area (Å²) in [6.07, 6.45) is 4.81. The van der Waals surface area contributed by atoms with E-state index in [9.17, 15) is 0 Å². The van der Waals surface area contributed by atoms with Crippen LogP contribution >= 0.6 is 0 Å². The zero-order valence-electron chi connectivity index (χ0n) is 6.88. The van der Waals surface area contributed by atoms with Crippen molar-refractivity contribution in [1.29, 1.82) is 0 Å². The normalized spacial score (nSPS) is 19.7. The lowest BCUT2D eigenvalue weighted by molar-refractivity contribution is -0.0380. The van der Waals surface area contributed by atoms with Gasteiger partial charge in [0, 0.05) is 6.42 Å². The fourth-order valence-corrected chi connectivity index (χ4v) is 0.924. The minimum Gasteiger partial charge on any atom is -0.350 e. The van der Waals surface area contributed by atoms with Gasteiger partial charge in [-0.2, -0.15) is 0 Å². The van der Waals surface area contributed by atoms with Gasteiger partial charge >= 0.3 is 0 Å². The molecule has 2 heteroatoms. The molecule has 2 nitrogen and oxygen atoms in total. The van der Waals surface area contributed by atoms with Gasteiger partial charge in [0.15, 0.2) is 6.29 Å². The molecule has 0 amide bonds. The Morgan fingerprint density at radius 2 is 2.18 bits per heavy atom. The first-order valence-electron chi connectivity index (χ1n) is 3.84. The second-order valence-corrected chi connectivity index (χ2v) is 2.66.